The van der Waals surface area contributed by atoms with E-state index in [0.29, 0.717) is 0 Å². The van der Waals surface area contributed by atoms with Crippen molar-refractivity contribution >= 4 is 27.3 Å². The van der Waals surface area contributed by atoms with Crippen molar-refractivity contribution in [1.82, 2.24) is 9.97 Å². The van der Waals surface area contributed by atoms with E-state index in [4.69, 9.17) is 5.73 Å². The molecular weight excluding hydrogens is 544 g/mol. The molecule has 0 bridgehead atoms. The number of halogens is 1. The first-order valence-corrected chi connectivity index (χ1v) is 14.0. The SMILES string of the molecule is BrCc1ccccn1.CN(Cc1ccccn1)c1ccccc1.Cc1cccc(C)c1.Cc1cccc(N)c1. The summed E-state index contributed by atoms with van der Waals surface area (Å²) in [5, 5.41) is 0.841. The van der Waals surface area contributed by atoms with Crippen LogP contribution in [0.4, 0.5) is 11.4 Å². The third-order valence-corrected chi connectivity index (χ3v) is 5.98. The molecule has 2 N–H and O–H groups in total. The van der Waals surface area contributed by atoms with Gasteiger partial charge in [-0.2, -0.15) is 0 Å². The number of aromatic nitrogens is 2. The number of alkyl halides is 1. The van der Waals surface area contributed by atoms with E-state index in [0.717, 1.165) is 29.0 Å². The average molecular weight is 584 g/mol. The first-order chi connectivity index (χ1) is 18.9. The molecule has 2 aromatic heterocycles. The highest BCUT2D eigenvalue weighted by Crippen LogP contribution is 2.13. The molecule has 5 aromatic rings. The van der Waals surface area contributed by atoms with E-state index >= 15 is 0 Å². The van der Waals surface area contributed by atoms with Crippen LogP contribution in [-0.4, -0.2) is 17.0 Å². The molecule has 0 aliphatic carbocycles. The van der Waals surface area contributed by atoms with Crippen molar-refractivity contribution in [1.29, 1.82) is 0 Å². The van der Waals surface area contributed by atoms with Gasteiger partial charge < -0.3 is 10.6 Å². The average Bonchev–Trinajstić information content (AvgIpc) is 2.95. The van der Waals surface area contributed by atoms with Crippen molar-refractivity contribution in [3.8, 4) is 0 Å². The lowest BCUT2D eigenvalue weighted by Gasteiger charge is -2.18. The molecule has 39 heavy (non-hydrogen) atoms. The molecule has 0 fully saturated rings. The Morgan fingerprint density at radius 1 is 0.615 bits per heavy atom. The quantitative estimate of drug-likeness (QED) is 0.170. The smallest absolute Gasteiger partial charge is 0.0598 e. The second-order valence-corrected chi connectivity index (χ2v) is 9.60. The maximum atomic E-state index is 5.46. The number of para-hydroxylation sites is 1. The summed E-state index contributed by atoms with van der Waals surface area (Å²) in [5.41, 5.74) is 13.6. The summed E-state index contributed by atoms with van der Waals surface area (Å²) in [6, 6.07) is 38.4. The Balaban J connectivity index is 0.000000192. The number of nitrogen functional groups attached to an aromatic ring is 1. The number of anilines is 2. The maximum absolute atomic E-state index is 5.46. The van der Waals surface area contributed by atoms with E-state index in [9.17, 15) is 0 Å². The fourth-order valence-electron chi connectivity index (χ4n) is 3.46. The Kier molecular flexibility index (Phi) is 14.7. The standard InChI is InChI=1S/C13H14N2.C8H10.C7H9N.C6H6BrN/c1-15(13-8-3-2-4-9-13)11-12-7-5-6-10-14-12;1-7-4-3-5-8(2)6-7;1-6-3-2-4-7(8)5-6;7-5-6-3-1-2-4-8-6/h2-10H,11H2,1H3;3-6H,1-2H3;2-5H,8H2,1H3;1-4H,5H2. The Morgan fingerprint density at radius 2 is 1.13 bits per heavy atom. The van der Waals surface area contributed by atoms with Crippen molar-refractivity contribution in [3.05, 3.63) is 156 Å². The van der Waals surface area contributed by atoms with Crippen LogP contribution in [0.3, 0.4) is 0 Å². The molecule has 0 unspecified atom stereocenters. The van der Waals surface area contributed by atoms with Gasteiger partial charge in [-0.05, 0) is 74.9 Å². The van der Waals surface area contributed by atoms with E-state index in [-0.39, 0.29) is 0 Å². The van der Waals surface area contributed by atoms with Crippen LogP contribution in [-0.2, 0) is 11.9 Å². The highest BCUT2D eigenvalue weighted by molar-refractivity contribution is 9.08. The summed E-state index contributed by atoms with van der Waals surface area (Å²) in [4.78, 5) is 10.5. The summed E-state index contributed by atoms with van der Waals surface area (Å²) in [6.45, 7) is 7.07. The van der Waals surface area contributed by atoms with Crippen LogP contribution in [0.2, 0.25) is 0 Å². The topological polar surface area (TPSA) is 55.0 Å². The van der Waals surface area contributed by atoms with E-state index in [1.807, 2.05) is 92.0 Å². The summed E-state index contributed by atoms with van der Waals surface area (Å²) >= 11 is 3.29. The van der Waals surface area contributed by atoms with Crippen LogP contribution in [0.15, 0.2) is 128 Å². The minimum absolute atomic E-state index is 0.838. The molecule has 4 nitrogen and oxygen atoms in total. The molecule has 3 aromatic carbocycles. The van der Waals surface area contributed by atoms with E-state index in [1.54, 1.807) is 6.20 Å². The Hall–Kier alpha value is -3.96. The van der Waals surface area contributed by atoms with E-state index in [1.165, 1.54) is 22.4 Å². The Bertz CT molecular complexity index is 1230. The Labute approximate surface area is 242 Å². The van der Waals surface area contributed by atoms with Crippen LogP contribution >= 0.6 is 15.9 Å². The second-order valence-electron chi connectivity index (χ2n) is 9.04. The van der Waals surface area contributed by atoms with Crippen LogP contribution in [0.5, 0.6) is 0 Å². The lowest BCUT2D eigenvalue weighted by Crippen LogP contribution is -2.16. The minimum atomic E-state index is 0.838. The number of aryl methyl sites for hydroxylation is 3. The van der Waals surface area contributed by atoms with Gasteiger partial charge in [0.05, 0.1) is 17.9 Å². The summed E-state index contributed by atoms with van der Waals surface area (Å²) < 4.78 is 0. The third-order valence-electron chi connectivity index (χ3n) is 5.40. The van der Waals surface area contributed by atoms with Gasteiger partial charge in [-0.3, -0.25) is 9.97 Å². The number of nitrogens with zero attached hydrogens (tertiary/aromatic N) is 3. The predicted molar refractivity (Wildman–Crippen MR) is 171 cm³/mol. The summed E-state index contributed by atoms with van der Waals surface area (Å²) in [7, 11) is 2.07. The molecule has 0 aliphatic rings. The number of nitrogens with two attached hydrogens (primary N) is 1. The van der Waals surface area contributed by atoms with Crippen LogP contribution < -0.4 is 10.6 Å². The van der Waals surface area contributed by atoms with Crippen LogP contribution in [0.25, 0.3) is 0 Å². The Morgan fingerprint density at radius 3 is 1.51 bits per heavy atom. The molecule has 202 valence electrons. The highest BCUT2D eigenvalue weighted by Gasteiger charge is 2.00. The summed E-state index contributed by atoms with van der Waals surface area (Å²) in [5.74, 6) is 0. The van der Waals surface area contributed by atoms with Gasteiger partial charge in [0.15, 0.2) is 0 Å². The largest absolute Gasteiger partial charge is 0.399 e. The van der Waals surface area contributed by atoms with Gasteiger partial charge in [-0.15, -0.1) is 0 Å². The molecule has 0 saturated heterocycles. The van der Waals surface area contributed by atoms with Gasteiger partial charge in [-0.1, -0.05) is 93.8 Å². The van der Waals surface area contributed by atoms with Crippen molar-refractivity contribution in [3.63, 3.8) is 0 Å². The van der Waals surface area contributed by atoms with E-state index in [2.05, 4.69) is 88.1 Å². The molecule has 0 aliphatic heterocycles. The number of rotatable bonds is 4. The van der Waals surface area contributed by atoms with Crippen molar-refractivity contribution in [2.75, 3.05) is 17.7 Å². The monoisotopic (exact) mass is 582 g/mol. The molecule has 5 rings (SSSR count). The lowest BCUT2D eigenvalue weighted by atomic mass is 10.2. The predicted octanol–water partition coefficient (Wildman–Crippen LogP) is 8.58. The number of hydrogen-bond acceptors (Lipinski definition) is 4. The van der Waals surface area contributed by atoms with Crippen molar-refractivity contribution in [2.45, 2.75) is 32.6 Å². The minimum Gasteiger partial charge on any atom is -0.399 e. The van der Waals surface area contributed by atoms with Gasteiger partial charge >= 0.3 is 0 Å². The zero-order valence-corrected chi connectivity index (χ0v) is 24.9. The summed E-state index contributed by atoms with van der Waals surface area (Å²) in [6.07, 6.45) is 3.62. The van der Waals surface area contributed by atoms with Crippen molar-refractivity contribution < 1.29 is 0 Å². The fraction of sp³-hybridized carbons (Fsp3) is 0.176. The zero-order chi connectivity index (χ0) is 28.3. The molecule has 5 heteroatoms. The van der Waals surface area contributed by atoms with Crippen molar-refractivity contribution in [2.24, 2.45) is 0 Å². The molecule has 0 spiro atoms. The van der Waals surface area contributed by atoms with E-state index < -0.39 is 0 Å². The molecule has 0 amide bonds. The maximum Gasteiger partial charge on any atom is 0.0598 e. The van der Waals surface area contributed by atoms with Gasteiger partial charge in [-0.25, -0.2) is 0 Å². The number of pyridine rings is 2. The number of hydrogen-bond donors (Lipinski definition) is 1. The van der Waals surface area contributed by atoms with Crippen LogP contribution in [0.1, 0.15) is 28.1 Å². The van der Waals surface area contributed by atoms with Gasteiger partial charge in [0, 0.05) is 36.1 Å². The normalized spacial score (nSPS) is 9.46. The second kappa shape index (κ2) is 18.3. The third kappa shape index (κ3) is 14.0. The fourth-order valence-corrected chi connectivity index (χ4v) is 3.79. The highest BCUT2D eigenvalue weighted by atomic mass is 79.9. The lowest BCUT2D eigenvalue weighted by molar-refractivity contribution is 0.885. The molecular formula is C34H39BrN4. The molecule has 0 radical (unpaired) electrons. The van der Waals surface area contributed by atoms with Gasteiger partial charge in [0.2, 0.25) is 0 Å². The van der Waals surface area contributed by atoms with Crippen LogP contribution in [0, 0.1) is 20.8 Å². The molecule has 0 atom stereocenters. The van der Waals surface area contributed by atoms with Gasteiger partial charge in [0.1, 0.15) is 0 Å². The first-order valence-electron chi connectivity index (χ1n) is 12.8. The molecule has 2 heterocycles. The first kappa shape index (κ1) is 31.3. The number of benzene rings is 3. The van der Waals surface area contributed by atoms with Gasteiger partial charge in [0.25, 0.3) is 0 Å². The zero-order valence-electron chi connectivity index (χ0n) is 23.3. The molecule has 0 saturated carbocycles.